The maximum absolute atomic E-state index is 11.1. The van der Waals surface area contributed by atoms with Gasteiger partial charge >= 0.3 is 0 Å². The molecule has 3 N–H and O–H groups in total. The molecule has 3 heteroatoms. The van der Waals surface area contributed by atoms with Crippen molar-refractivity contribution in [2.75, 3.05) is 6.54 Å². The van der Waals surface area contributed by atoms with Crippen molar-refractivity contribution in [3.05, 3.63) is 0 Å². The van der Waals surface area contributed by atoms with Crippen LogP contribution in [0.3, 0.4) is 0 Å². The molecule has 0 spiro atoms. The summed E-state index contributed by atoms with van der Waals surface area (Å²) in [5, 5.41) is 2.83. The second kappa shape index (κ2) is 3.72. The van der Waals surface area contributed by atoms with Gasteiger partial charge in [-0.1, -0.05) is 6.92 Å². The van der Waals surface area contributed by atoms with Crippen LogP contribution in [-0.4, -0.2) is 18.5 Å². The molecule has 1 amide bonds. The van der Waals surface area contributed by atoms with E-state index in [1.807, 2.05) is 6.92 Å². The zero-order chi connectivity index (χ0) is 8.27. The third-order valence-corrected chi connectivity index (χ3v) is 2.04. The van der Waals surface area contributed by atoms with E-state index in [-0.39, 0.29) is 11.9 Å². The number of carbonyl (C=O) groups excluding carboxylic acids is 1. The Balaban J connectivity index is 2.08. The van der Waals surface area contributed by atoms with Crippen LogP contribution in [-0.2, 0) is 4.79 Å². The minimum absolute atomic E-state index is 0.000556. The van der Waals surface area contributed by atoms with E-state index in [1.165, 1.54) is 12.8 Å². The smallest absolute Gasteiger partial charge is 0.236 e. The third-order valence-electron chi connectivity index (χ3n) is 2.04. The standard InChI is InChI=1S/C8H16N2O/c1-2-7(9)8(11)10-5-6-3-4-6/h6-7H,2-5,9H2,1H3,(H,10,11). The van der Waals surface area contributed by atoms with E-state index in [9.17, 15) is 4.79 Å². The minimum Gasteiger partial charge on any atom is -0.354 e. The van der Waals surface area contributed by atoms with Crippen molar-refractivity contribution in [3.8, 4) is 0 Å². The zero-order valence-electron chi connectivity index (χ0n) is 6.97. The van der Waals surface area contributed by atoms with Gasteiger partial charge in [-0.15, -0.1) is 0 Å². The summed E-state index contributed by atoms with van der Waals surface area (Å²) in [7, 11) is 0. The number of rotatable bonds is 4. The van der Waals surface area contributed by atoms with Crippen LogP contribution in [0.4, 0.5) is 0 Å². The van der Waals surface area contributed by atoms with Crippen LogP contribution >= 0.6 is 0 Å². The van der Waals surface area contributed by atoms with Gasteiger partial charge in [-0.3, -0.25) is 4.79 Å². The van der Waals surface area contributed by atoms with Gasteiger partial charge < -0.3 is 11.1 Å². The molecule has 0 aromatic heterocycles. The highest BCUT2D eigenvalue weighted by Crippen LogP contribution is 2.27. The average Bonchev–Trinajstić information content (AvgIpc) is 2.81. The highest BCUT2D eigenvalue weighted by molar-refractivity contribution is 5.81. The molecule has 1 rings (SSSR count). The van der Waals surface area contributed by atoms with Crippen LogP contribution in [0.1, 0.15) is 26.2 Å². The number of nitrogens with one attached hydrogen (secondary N) is 1. The molecule has 1 unspecified atom stereocenters. The van der Waals surface area contributed by atoms with Gasteiger partial charge in [-0.2, -0.15) is 0 Å². The highest BCUT2D eigenvalue weighted by atomic mass is 16.2. The largest absolute Gasteiger partial charge is 0.354 e. The first kappa shape index (κ1) is 8.53. The molecule has 1 atom stereocenters. The third kappa shape index (κ3) is 2.89. The maximum Gasteiger partial charge on any atom is 0.236 e. The molecule has 0 aliphatic heterocycles. The highest BCUT2D eigenvalue weighted by Gasteiger charge is 2.22. The van der Waals surface area contributed by atoms with Gasteiger partial charge in [0.05, 0.1) is 6.04 Å². The molecule has 11 heavy (non-hydrogen) atoms. The van der Waals surface area contributed by atoms with Crippen LogP contribution in [0.15, 0.2) is 0 Å². The van der Waals surface area contributed by atoms with Crippen LogP contribution in [0.25, 0.3) is 0 Å². The predicted molar refractivity (Wildman–Crippen MR) is 44.0 cm³/mol. The molecular weight excluding hydrogens is 140 g/mol. The molecular formula is C8H16N2O. The Hall–Kier alpha value is -0.570. The summed E-state index contributed by atoms with van der Waals surface area (Å²) >= 11 is 0. The number of nitrogens with two attached hydrogens (primary N) is 1. The lowest BCUT2D eigenvalue weighted by Crippen LogP contribution is -2.40. The fourth-order valence-electron chi connectivity index (χ4n) is 0.883. The number of hydrogen-bond donors (Lipinski definition) is 2. The van der Waals surface area contributed by atoms with Crippen molar-refractivity contribution in [2.24, 2.45) is 11.7 Å². The Bertz CT molecular complexity index is 143. The number of hydrogen-bond acceptors (Lipinski definition) is 2. The van der Waals surface area contributed by atoms with Crippen molar-refractivity contribution >= 4 is 5.91 Å². The van der Waals surface area contributed by atoms with Crippen molar-refractivity contribution in [1.82, 2.24) is 5.32 Å². The monoisotopic (exact) mass is 156 g/mol. The quantitative estimate of drug-likeness (QED) is 0.613. The van der Waals surface area contributed by atoms with E-state index < -0.39 is 0 Å². The van der Waals surface area contributed by atoms with Crippen LogP contribution in [0, 0.1) is 5.92 Å². The van der Waals surface area contributed by atoms with E-state index in [0.717, 1.165) is 18.9 Å². The maximum atomic E-state index is 11.1. The second-order valence-corrected chi connectivity index (χ2v) is 3.20. The summed E-state index contributed by atoms with van der Waals surface area (Å²) in [5.74, 6) is 0.738. The fraction of sp³-hybridized carbons (Fsp3) is 0.875. The number of amides is 1. The topological polar surface area (TPSA) is 55.1 Å². The first-order valence-corrected chi connectivity index (χ1v) is 4.27. The lowest BCUT2D eigenvalue weighted by Gasteiger charge is -2.08. The second-order valence-electron chi connectivity index (χ2n) is 3.20. The van der Waals surface area contributed by atoms with Gasteiger partial charge in [0.25, 0.3) is 0 Å². The first-order valence-electron chi connectivity index (χ1n) is 4.27. The van der Waals surface area contributed by atoms with E-state index >= 15 is 0 Å². The van der Waals surface area contributed by atoms with E-state index in [4.69, 9.17) is 5.73 Å². The normalized spacial score (nSPS) is 19.5. The Kier molecular flexibility index (Phi) is 2.88. The fourth-order valence-corrected chi connectivity index (χ4v) is 0.883. The molecule has 3 nitrogen and oxygen atoms in total. The van der Waals surface area contributed by atoms with Crippen molar-refractivity contribution < 1.29 is 4.79 Å². The van der Waals surface area contributed by atoms with Crippen molar-refractivity contribution in [3.63, 3.8) is 0 Å². The van der Waals surface area contributed by atoms with Crippen LogP contribution in [0.2, 0.25) is 0 Å². The van der Waals surface area contributed by atoms with Gasteiger partial charge in [0.2, 0.25) is 5.91 Å². The summed E-state index contributed by atoms with van der Waals surface area (Å²) in [6, 6.07) is -0.311. The molecule has 1 saturated carbocycles. The van der Waals surface area contributed by atoms with Crippen molar-refractivity contribution in [1.29, 1.82) is 0 Å². The Morgan fingerprint density at radius 1 is 1.73 bits per heavy atom. The van der Waals surface area contributed by atoms with Gasteiger partial charge in [0, 0.05) is 6.54 Å². The molecule has 0 bridgehead atoms. The molecule has 64 valence electrons. The van der Waals surface area contributed by atoms with Gasteiger partial charge in [-0.05, 0) is 25.2 Å². The van der Waals surface area contributed by atoms with Gasteiger partial charge in [0.15, 0.2) is 0 Å². The van der Waals surface area contributed by atoms with Gasteiger partial charge in [-0.25, -0.2) is 0 Å². The SMILES string of the molecule is CCC(N)C(=O)NCC1CC1. The molecule has 0 aromatic rings. The molecule has 0 radical (unpaired) electrons. The minimum atomic E-state index is -0.311. The summed E-state index contributed by atoms with van der Waals surface area (Å²) in [4.78, 5) is 11.1. The van der Waals surface area contributed by atoms with E-state index in [1.54, 1.807) is 0 Å². The summed E-state index contributed by atoms with van der Waals surface area (Å²) in [6.07, 6.45) is 3.25. The van der Waals surface area contributed by atoms with E-state index in [2.05, 4.69) is 5.32 Å². The summed E-state index contributed by atoms with van der Waals surface area (Å²) in [5.41, 5.74) is 5.51. The Labute approximate surface area is 67.3 Å². The molecule has 0 aromatic carbocycles. The molecule has 0 saturated heterocycles. The van der Waals surface area contributed by atoms with Crippen molar-refractivity contribution in [2.45, 2.75) is 32.2 Å². The predicted octanol–water partition coefficient (Wildman–Crippen LogP) is 0.250. The Morgan fingerprint density at radius 2 is 2.36 bits per heavy atom. The average molecular weight is 156 g/mol. The van der Waals surface area contributed by atoms with Crippen LogP contribution in [0.5, 0.6) is 0 Å². The molecule has 1 fully saturated rings. The lowest BCUT2D eigenvalue weighted by atomic mass is 10.2. The lowest BCUT2D eigenvalue weighted by molar-refractivity contribution is -0.122. The molecule has 1 aliphatic carbocycles. The number of carbonyl (C=O) groups is 1. The zero-order valence-corrected chi connectivity index (χ0v) is 6.97. The Morgan fingerprint density at radius 3 is 2.82 bits per heavy atom. The first-order chi connectivity index (χ1) is 5.24. The summed E-state index contributed by atoms with van der Waals surface area (Å²) < 4.78 is 0. The van der Waals surface area contributed by atoms with E-state index in [0.29, 0.717) is 0 Å². The summed E-state index contributed by atoms with van der Waals surface area (Å²) in [6.45, 7) is 2.74. The molecule has 0 heterocycles. The van der Waals surface area contributed by atoms with Gasteiger partial charge in [0.1, 0.15) is 0 Å². The molecule has 1 aliphatic rings. The van der Waals surface area contributed by atoms with Crippen LogP contribution < -0.4 is 11.1 Å².